The molecule has 30 heavy (non-hydrogen) atoms. The second-order valence-electron chi connectivity index (χ2n) is 7.04. The maximum atomic E-state index is 12.8. The van der Waals surface area contributed by atoms with Gasteiger partial charge < -0.3 is 0 Å². The van der Waals surface area contributed by atoms with Crippen molar-refractivity contribution in [3.05, 3.63) is 104 Å². The third-order valence-electron chi connectivity index (χ3n) is 4.99. The van der Waals surface area contributed by atoms with Crippen molar-refractivity contribution in [1.29, 1.82) is 0 Å². The third-order valence-corrected chi connectivity index (χ3v) is 6.22. The van der Waals surface area contributed by atoms with Crippen LogP contribution in [0.5, 0.6) is 0 Å². The molecule has 154 valence electrons. The fourth-order valence-electron chi connectivity index (χ4n) is 3.47. The standard InChI is InChI=1S/C19H18O2.C6H3Cl3/c1-2-3-4-8-13-9-7-12-16-17(13)19(21)15-11-6-5-10-14(15)18(16)20;7-4-2-1-3-5(8)6(4)9/h5-7,9-12H,2-4,8H2,1H3;1-3H. The second-order valence-corrected chi connectivity index (χ2v) is 8.23. The maximum Gasteiger partial charge on any atom is 0.194 e. The van der Waals surface area contributed by atoms with E-state index in [-0.39, 0.29) is 11.6 Å². The van der Waals surface area contributed by atoms with Gasteiger partial charge in [0.2, 0.25) is 0 Å². The molecule has 3 aromatic rings. The molecule has 0 N–H and O–H groups in total. The number of carbonyl (C=O) groups is 2. The van der Waals surface area contributed by atoms with Gasteiger partial charge in [0.25, 0.3) is 0 Å². The first-order chi connectivity index (χ1) is 14.5. The molecule has 4 rings (SSSR count). The van der Waals surface area contributed by atoms with Crippen molar-refractivity contribution in [2.24, 2.45) is 0 Å². The lowest BCUT2D eigenvalue weighted by atomic mass is 9.81. The maximum absolute atomic E-state index is 12.8. The van der Waals surface area contributed by atoms with E-state index in [1.165, 1.54) is 0 Å². The smallest absolute Gasteiger partial charge is 0.194 e. The highest BCUT2D eigenvalue weighted by Gasteiger charge is 2.30. The molecule has 0 bridgehead atoms. The first-order valence-electron chi connectivity index (χ1n) is 9.85. The van der Waals surface area contributed by atoms with E-state index in [0.29, 0.717) is 37.3 Å². The van der Waals surface area contributed by atoms with Gasteiger partial charge >= 0.3 is 0 Å². The lowest BCUT2D eigenvalue weighted by Crippen LogP contribution is -2.22. The van der Waals surface area contributed by atoms with Crippen LogP contribution < -0.4 is 0 Å². The summed E-state index contributed by atoms with van der Waals surface area (Å²) in [5, 5.41) is 1.40. The zero-order chi connectivity index (χ0) is 21.7. The van der Waals surface area contributed by atoms with Gasteiger partial charge in [-0.25, -0.2) is 0 Å². The monoisotopic (exact) mass is 458 g/mol. The summed E-state index contributed by atoms with van der Waals surface area (Å²) in [5.74, 6) is -0.0372. The average Bonchev–Trinajstić information content (AvgIpc) is 2.76. The zero-order valence-corrected chi connectivity index (χ0v) is 18.8. The van der Waals surface area contributed by atoms with Gasteiger partial charge in [-0.2, -0.15) is 0 Å². The number of ketones is 2. The predicted octanol–water partition coefficient (Wildman–Crippen LogP) is 7.84. The molecule has 0 spiro atoms. The largest absolute Gasteiger partial charge is 0.289 e. The molecule has 0 saturated carbocycles. The van der Waals surface area contributed by atoms with E-state index >= 15 is 0 Å². The molecular formula is C25H21Cl3O2. The van der Waals surface area contributed by atoms with E-state index in [2.05, 4.69) is 6.92 Å². The Hall–Kier alpha value is -2.13. The Morgan fingerprint density at radius 3 is 1.83 bits per heavy atom. The third kappa shape index (κ3) is 4.78. The number of benzene rings is 3. The topological polar surface area (TPSA) is 34.1 Å². The summed E-state index contributed by atoms with van der Waals surface area (Å²) in [6.45, 7) is 2.16. The van der Waals surface area contributed by atoms with Crippen molar-refractivity contribution < 1.29 is 9.59 Å². The van der Waals surface area contributed by atoms with Crippen LogP contribution in [0.1, 0.15) is 63.6 Å². The molecule has 0 atom stereocenters. The van der Waals surface area contributed by atoms with Crippen LogP contribution in [0, 0.1) is 0 Å². The zero-order valence-electron chi connectivity index (χ0n) is 16.6. The molecule has 1 aliphatic carbocycles. The number of unbranched alkanes of at least 4 members (excludes halogenated alkanes) is 2. The molecule has 5 heteroatoms. The lowest BCUT2D eigenvalue weighted by molar-refractivity contribution is 0.0978. The van der Waals surface area contributed by atoms with E-state index in [1.807, 2.05) is 18.2 Å². The van der Waals surface area contributed by atoms with Crippen LogP contribution >= 0.6 is 34.8 Å². The second kappa shape index (κ2) is 10.3. The lowest BCUT2D eigenvalue weighted by Gasteiger charge is -2.20. The first kappa shape index (κ1) is 22.6. The Labute approximate surface area is 191 Å². The van der Waals surface area contributed by atoms with Gasteiger partial charge in [-0.3, -0.25) is 9.59 Å². The summed E-state index contributed by atoms with van der Waals surface area (Å²) in [4.78, 5) is 25.3. The Bertz CT molecular complexity index is 1070. The number of aryl methyl sites for hydroxylation is 1. The van der Waals surface area contributed by atoms with Crippen molar-refractivity contribution in [3.63, 3.8) is 0 Å². The number of hydrogen-bond acceptors (Lipinski definition) is 2. The molecule has 0 aliphatic heterocycles. The van der Waals surface area contributed by atoms with Crippen molar-refractivity contribution in [2.75, 3.05) is 0 Å². The minimum atomic E-state index is -0.0301. The van der Waals surface area contributed by atoms with Crippen LogP contribution in [0.3, 0.4) is 0 Å². The molecule has 0 unspecified atom stereocenters. The quantitative estimate of drug-likeness (QED) is 0.230. The fraction of sp³-hybridized carbons (Fsp3) is 0.200. The van der Waals surface area contributed by atoms with Gasteiger partial charge in [-0.1, -0.05) is 103 Å². The summed E-state index contributed by atoms with van der Waals surface area (Å²) >= 11 is 16.8. The minimum Gasteiger partial charge on any atom is -0.289 e. The molecule has 0 amide bonds. The van der Waals surface area contributed by atoms with E-state index in [4.69, 9.17) is 34.8 Å². The van der Waals surface area contributed by atoms with Crippen molar-refractivity contribution >= 4 is 46.4 Å². The van der Waals surface area contributed by atoms with Crippen LogP contribution in [0.15, 0.2) is 60.7 Å². The van der Waals surface area contributed by atoms with Crippen molar-refractivity contribution in [3.8, 4) is 0 Å². The van der Waals surface area contributed by atoms with Gasteiger partial charge in [0.05, 0.1) is 15.1 Å². The fourth-order valence-corrected chi connectivity index (χ4v) is 3.99. The van der Waals surface area contributed by atoms with Crippen LogP contribution in [-0.4, -0.2) is 11.6 Å². The molecular weight excluding hydrogens is 439 g/mol. The number of halogens is 3. The number of rotatable bonds is 4. The summed E-state index contributed by atoms with van der Waals surface area (Å²) in [7, 11) is 0. The summed E-state index contributed by atoms with van der Waals surface area (Å²) in [5.41, 5.74) is 3.26. The van der Waals surface area contributed by atoms with E-state index < -0.39 is 0 Å². The van der Waals surface area contributed by atoms with Crippen LogP contribution in [0.25, 0.3) is 0 Å². The minimum absolute atomic E-state index is 0.00713. The first-order valence-corrected chi connectivity index (χ1v) is 11.0. The van der Waals surface area contributed by atoms with E-state index in [9.17, 15) is 9.59 Å². The molecule has 0 aromatic heterocycles. The van der Waals surface area contributed by atoms with Crippen LogP contribution in [0.4, 0.5) is 0 Å². The average molecular weight is 460 g/mol. The molecule has 0 heterocycles. The normalized spacial score (nSPS) is 12.0. The van der Waals surface area contributed by atoms with Gasteiger partial charge in [0.1, 0.15) is 0 Å². The van der Waals surface area contributed by atoms with Crippen LogP contribution in [-0.2, 0) is 6.42 Å². The highest BCUT2D eigenvalue weighted by molar-refractivity contribution is 6.47. The summed E-state index contributed by atoms with van der Waals surface area (Å²) < 4.78 is 0. The van der Waals surface area contributed by atoms with Gasteiger partial charge in [0.15, 0.2) is 11.6 Å². The predicted molar refractivity (Wildman–Crippen MR) is 124 cm³/mol. The highest BCUT2D eigenvalue weighted by Crippen LogP contribution is 2.30. The Balaban J connectivity index is 0.000000239. The number of hydrogen-bond donors (Lipinski definition) is 0. The molecule has 0 saturated heterocycles. The molecule has 0 radical (unpaired) electrons. The Morgan fingerprint density at radius 1 is 0.667 bits per heavy atom. The number of fused-ring (bicyclic) bond motifs is 2. The number of carbonyl (C=O) groups excluding carboxylic acids is 2. The Kier molecular flexibility index (Phi) is 7.71. The molecule has 1 aliphatic rings. The SMILES string of the molecule is CCCCCc1cccc2c1C(=O)c1ccccc1C2=O.Clc1cccc(Cl)c1Cl. The van der Waals surface area contributed by atoms with Gasteiger partial charge in [-0.15, -0.1) is 0 Å². The molecule has 2 nitrogen and oxygen atoms in total. The van der Waals surface area contributed by atoms with Crippen molar-refractivity contribution in [2.45, 2.75) is 32.6 Å². The molecule has 3 aromatic carbocycles. The van der Waals surface area contributed by atoms with Gasteiger partial charge in [-0.05, 0) is 30.5 Å². The van der Waals surface area contributed by atoms with Crippen LogP contribution in [0.2, 0.25) is 15.1 Å². The van der Waals surface area contributed by atoms with E-state index in [0.717, 1.165) is 31.2 Å². The summed E-state index contributed by atoms with van der Waals surface area (Å²) in [6.07, 6.45) is 4.20. The van der Waals surface area contributed by atoms with E-state index in [1.54, 1.807) is 42.5 Å². The Morgan fingerprint density at radius 2 is 1.23 bits per heavy atom. The molecule has 0 fully saturated rings. The van der Waals surface area contributed by atoms with Crippen molar-refractivity contribution in [1.82, 2.24) is 0 Å². The summed E-state index contributed by atoms with van der Waals surface area (Å²) in [6, 6.07) is 17.9. The van der Waals surface area contributed by atoms with Gasteiger partial charge in [0, 0.05) is 22.3 Å². The highest BCUT2D eigenvalue weighted by atomic mass is 35.5.